The van der Waals surface area contributed by atoms with Gasteiger partial charge in [0.05, 0.1) is 0 Å². The van der Waals surface area contributed by atoms with Gasteiger partial charge in [0.2, 0.25) is 0 Å². The molecule has 0 saturated heterocycles. The Morgan fingerprint density at radius 2 is 0.692 bits per heavy atom. The number of carboxylic acid groups (broad SMARTS) is 3. The standard InChI is InChI=1S/3C2H4O2.Ca.2H/c3*1-2(3)4;;;/h3*1H3,(H,3,4);;;. The Bertz CT molecular complexity index is 115. The van der Waals surface area contributed by atoms with Crippen LogP contribution in [0.15, 0.2) is 0 Å². The number of hydrogen-bond acceptors (Lipinski definition) is 3. The van der Waals surface area contributed by atoms with Crippen molar-refractivity contribution in [2.75, 3.05) is 0 Å². The molecule has 7 heteroatoms. The van der Waals surface area contributed by atoms with Gasteiger partial charge in [-0.2, -0.15) is 0 Å². The molecule has 0 bridgehead atoms. The molecule has 0 amide bonds. The van der Waals surface area contributed by atoms with Crippen LogP contribution in [0.1, 0.15) is 20.8 Å². The zero-order chi connectivity index (χ0) is 10.7. The van der Waals surface area contributed by atoms with E-state index in [0.29, 0.717) is 0 Å². The minimum atomic E-state index is -0.833. The summed E-state index contributed by atoms with van der Waals surface area (Å²) in [5.41, 5.74) is 0. The first-order chi connectivity index (χ1) is 5.20. The van der Waals surface area contributed by atoms with Crippen LogP contribution >= 0.6 is 0 Å². The van der Waals surface area contributed by atoms with E-state index in [0.717, 1.165) is 20.8 Å². The quantitative estimate of drug-likeness (QED) is 0.470. The molecule has 0 atom stereocenters. The summed E-state index contributed by atoms with van der Waals surface area (Å²) in [5.74, 6) is -2.50. The molecule has 6 nitrogen and oxygen atoms in total. The van der Waals surface area contributed by atoms with Crippen molar-refractivity contribution in [3.8, 4) is 0 Å². The van der Waals surface area contributed by atoms with Crippen molar-refractivity contribution >= 4 is 55.6 Å². The molecular weight excluding hydrogens is 208 g/mol. The Labute approximate surface area is 106 Å². The molecule has 0 rings (SSSR count). The first-order valence-corrected chi connectivity index (χ1v) is 2.78. The van der Waals surface area contributed by atoms with E-state index < -0.39 is 17.9 Å². The summed E-state index contributed by atoms with van der Waals surface area (Å²) in [7, 11) is 0. The fraction of sp³-hybridized carbons (Fsp3) is 0.500. The van der Waals surface area contributed by atoms with E-state index in [1.165, 1.54) is 0 Å². The predicted octanol–water partition coefficient (Wildman–Crippen LogP) is -0.644. The van der Waals surface area contributed by atoms with Crippen LogP contribution in [-0.2, 0) is 14.4 Å². The van der Waals surface area contributed by atoms with Crippen LogP contribution in [0.3, 0.4) is 0 Å². The van der Waals surface area contributed by atoms with Crippen LogP contribution in [-0.4, -0.2) is 71.0 Å². The van der Waals surface area contributed by atoms with Gasteiger partial charge < -0.3 is 15.3 Å². The number of rotatable bonds is 0. The topological polar surface area (TPSA) is 112 Å². The van der Waals surface area contributed by atoms with Crippen molar-refractivity contribution in [1.29, 1.82) is 0 Å². The average molecular weight is 222 g/mol. The van der Waals surface area contributed by atoms with Gasteiger partial charge in [-0.05, 0) is 0 Å². The van der Waals surface area contributed by atoms with Crippen molar-refractivity contribution in [3.05, 3.63) is 0 Å². The van der Waals surface area contributed by atoms with Gasteiger partial charge in [-0.1, -0.05) is 0 Å². The molecule has 0 aliphatic carbocycles. The summed E-state index contributed by atoms with van der Waals surface area (Å²) in [6, 6.07) is 0. The zero-order valence-corrected chi connectivity index (χ0v) is 7.07. The van der Waals surface area contributed by atoms with Crippen molar-refractivity contribution < 1.29 is 29.7 Å². The summed E-state index contributed by atoms with van der Waals surface area (Å²) in [4.78, 5) is 27.0. The second kappa shape index (κ2) is 17.7. The SMILES string of the molecule is CC(=O)O.CC(=O)O.CC(=O)O.[CaH2]. The summed E-state index contributed by atoms with van der Waals surface area (Å²) in [5, 5.41) is 22.2. The van der Waals surface area contributed by atoms with Gasteiger partial charge in [-0.3, -0.25) is 14.4 Å². The maximum atomic E-state index is 9.00. The average Bonchev–Trinajstić information content (AvgIpc) is 1.54. The summed E-state index contributed by atoms with van der Waals surface area (Å²) in [6.45, 7) is 3.25. The van der Waals surface area contributed by atoms with Gasteiger partial charge in [0.15, 0.2) is 0 Å². The van der Waals surface area contributed by atoms with Gasteiger partial charge in [0.1, 0.15) is 0 Å². The van der Waals surface area contributed by atoms with E-state index in [4.69, 9.17) is 29.7 Å². The molecule has 0 fully saturated rings. The van der Waals surface area contributed by atoms with Gasteiger partial charge in [0.25, 0.3) is 17.9 Å². The fourth-order valence-electron chi connectivity index (χ4n) is 0. The van der Waals surface area contributed by atoms with E-state index in [-0.39, 0.29) is 37.7 Å². The van der Waals surface area contributed by atoms with E-state index in [1.54, 1.807) is 0 Å². The fourth-order valence-corrected chi connectivity index (χ4v) is 0. The van der Waals surface area contributed by atoms with E-state index >= 15 is 0 Å². The van der Waals surface area contributed by atoms with E-state index in [2.05, 4.69) is 0 Å². The number of carbonyl (C=O) groups is 3. The predicted molar refractivity (Wildman–Crippen MR) is 48.5 cm³/mol. The molecule has 0 aliphatic heterocycles. The van der Waals surface area contributed by atoms with Crippen molar-refractivity contribution in [2.45, 2.75) is 20.8 Å². The van der Waals surface area contributed by atoms with Gasteiger partial charge >= 0.3 is 37.7 Å². The van der Waals surface area contributed by atoms with Gasteiger partial charge in [-0.25, -0.2) is 0 Å². The van der Waals surface area contributed by atoms with Crippen LogP contribution in [0.5, 0.6) is 0 Å². The molecular formula is C6H14CaO6. The van der Waals surface area contributed by atoms with Crippen LogP contribution in [0.25, 0.3) is 0 Å². The number of carboxylic acids is 3. The molecule has 0 saturated carbocycles. The first kappa shape index (κ1) is 23.0. The third-order valence-corrected chi connectivity index (χ3v) is 0. The number of aliphatic carboxylic acids is 3. The second-order valence-electron chi connectivity index (χ2n) is 1.56. The minimum absolute atomic E-state index is 0. The normalized spacial score (nSPS) is 5.77. The van der Waals surface area contributed by atoms with E-state index in [9.17, 15) is 0 Å². The van der Waals surface area contributed by atoms with Crippen molar-refractivity contribution in [1.82, 2.24) is 0 Å². The molecule has 0 aromatic rings. The second-order valence-corrected chi connectivity index (χ2v) is 1.56. The number of hydrogen-bond donors (Lipinski definition) is 3. The summed E-state index contributed by atoms with van der Waals surface area (Å²) in [6.07, 6.45) is 0. The van der Waals surface area contributed by atoms with Gasteiger partial charge in [-0.15, -0.1) is 0 Å². The molecule has 0 spiro atoms. The molecule has 0 aromatic heterocycles. The zero-order valence-electron chi connectivity index (χ0n) is 7.07. The van der Waals surface area contributed by atoms with Crippen LogP contribution in [0, 0.1) is 0 Å². The van der Waals surface area contributed by atoms with Crippen LogP contribution in [0.2, 0.25) is 0 Å². The molecule has 3 N–H and O–H groups in total. The van der Waals surface area contributed by atoms with E-state index in [1.807, 2.05) is 0 Å². The van der Waals surface area contributed by atoms with Crippen molar-refractivity contribution in [2.24, 2.45) is 0 Å². The molecule has 0 aliphatic rings. The maximum absolute atomic E-state index is 9.00. The molecule has 0 aromatic carbocycles. The van der Waals surface area contributed by atoms with Crippen molar-refractivity contribution in [3.63, 3.8) is 0 Å². The molecule has 76 valence electrons. The molecule has 0 radical (unpaired) electrons. The first-order valence-electron chi connectivity index (χ1n) is 2.78. The van der Waals surface area contributed by atoms with Crippen LogP contribution in [0.4, 0.5) is 0 Å². The van der Waals surface area contributed by atoms with Gasteiger partial charge in [0, 0.05) is 20.8 Å². The Morgan fingerprint density at radius 3 is 0.692 bits per heavy atom. The summed E-state index contributed by atoms with van der Waals surface area (Å²) >= 11 is 0. The Hall–Kier alpha value is -0.330. The molecule has 0 heterocycles. The molecule has 0 unspecified atom stereocenters. The Balaban J connectivity index is -0.0000000450. The van der Waals surface area contributed by atoms with Crippen LogP contribution < -0.4 is 0 Å². The molecule has 13 heavy (non-hydrogen) atoms. The monoisotopic (exact) mass is 222 g/mol. The Morgan fingerprint density at radius 1 is 0.692 bits per heavy atom. The Kier molecular flexibility index (Phi) is 31.2. The third-order valence-electron chi connectivity index (χ3n) is 0. The summed E-state index contributed by atoms with van der Waals surface area (Å²) < 4.78 is 0. The third kappa shape index (κ3) is 10000.